The fourth-order valence-electron chi connectivity index (χ4n) is 2.26. The summed E-state index contributed by atoms with van der Waals surface area (Å²) in [6, 6.07) is 10.7. The van der Waals surface area contributed by atoms with Crippen LogP contribution in [-0.4, -0.2) is 0 Å². The minimum atomic E-state index is 0.774. The zero-order chi connectivity index (χ0) is 11.4. The maximum absolute atomic E-state index is 2.40. The summed E-state index contributed by atoms with van der Waals surface area (Å²) in [5, 5.41) is 0. The fraction of sp³-hybridized carbons (Fsp3) is 0.375. The molecule has 0 N–H and O–H groups in total. The molecule has 0 amide bonds. The molecule has 0 fully saturated rings. The van der Waals surface area contributed by atoms with Gasteiger partial charge in [-0.2, -0.15) is 0 Å². The lowest BCUT2D eigenvalue weighted by Gasteiger charge is -2.04. The van der Waals surface area contributed by atoms with E-state index in [-0.39, 0.29) is 0 Å². The molecule has 0 heterocycles. The van der Waals surface area contributed by atoms with Gasteiger partial charge in [-0.3, -0.25) is 0 Å². The summed E-state index contributed by atoms with van der Waals surface area (Å²) in [6.45, 7) is 4.58. The minimum absolute atomic E-state index is 0.774. The highest BCUT2D eigenvalue weighted by Crippen LogP contribution is 2.25. The van der Waals surface area contributed by atoms with Crippen molar-refractivity contribution in [2.24, 2.45) is 5.92 Å². The molecule has 0 saturated carbocycles. The van der Waals surface area contributed by atoms with Crippen molar-refractivity contribution < 1.29 is 0 Å². The van der Waals surface area contributed by atoms with Crippen LogP contribution in [0.2, 0.25) is 0 Å². The summed E-state index contributed by atoms with van der Waals surface area (Å²) >= 11 is 0. The van der Waals surface area contributed by atoms with Crippen molar-refractivity contribution in [3.05, 3.63) is 59.2 Å². The van der Waals surface area contributed by atoms with Crippen LogP contribution in [0.25, 0.3) is 0 Å². The first-order valence-electron chi connectivity index (χ1n) is 6.16. The SMILES string of the molecule is CC(C)CC1=CC(Cc2ccccc2)=CC1. The zero-order valence-corrected chi connectivity index (χ0v) is 10.2. The van der Waals surface area contributed by atoms with Crippen molar-refractivity contribution in [1.29, 1.82) is 0 Å². The van der Waals surface area contributed by atoms with Gasteiger partial charge in [0, 0.05) is 0 Å². The van der Waals surface area contributed by atoms with Gasteiger partial charge in [0.25, 0.3) is 0 Å². The fourth-order valence-corrected chi connectivity index (χ4v) is 2.26. The van der Waals surface area contributed by atoms with E-state index in [1.54, 1.807) is 5.57 Å². The second kappa shape index (κ2) is 5.16. The van der Waals surface area contributed by atoms with Crippen LogP contribution in [0.1, 0.15) is 32.3 Å². The van der Waals surface area contributed by atoms with E-state index in [4.69, 9.17) is 0 Å². The molecular weight excluding hydrogens is 192 g/mol. The Morgan fingerprint density at radius 2 is 1.88 bits per heavy atom. The van der Waals surface area contributed by atoms with Gasteiger partial charge in [-0.05, 0) is 36.3 Å². The lowest BCUT2D eigenvalue weighted by molar-refractivity contribution is 0.637. The highest BCUT2D eigenvalue weighted by atomic mass is 14.1. The summed E-state index contributed by atoms with van der Waals surface area (Å²) < 4.78 is 0. The maximum Gasteiger partial charge on any atom is -0.00288 e. The normalized spacial score (nSPS) is 15.2. The van der Waals surface area contributed by atoms with Gasteiger partial charge in [-0.1, -0.05) is 61.9 Å². The van der Waals surface area contributed by atoms with Gasteiger partial charge in [0.1, 0.15) is 0 Å². The Hall–Kier alpha value is -1.30. The standard InChI is InChI=1S/C16H20/c1-13(2)10-15-8-9-16(12-15)11-14-6-4-3-5-7-14/h3-7,9,12-13H,8,10-11H2,1-2H3. The third-order valence-corrected chi connectivity index (χ3v) is 2.94. The molecule has 0 atom stereocenters. The van der Waals surface area contributed by atoms with Crippen LogP contribution in [0, 0.1) is 5.92 Å². The Morgan fingerprint density at radius 3 is 2.56 bits per heavy atom. The van der Waals surface area contributed by atoms with E-state index in [0.717, 1.165) is 12.3 Å². The lowest BCUT2D eigenvalue weighted by Crippen LogP contribution is -1.89. The predicted octanol–water partition coefficient (Wildman–Crippen LogP) is 4.53. The molecule has 0 spiro atoms. The average Bonchev–Trinajstić information content (AvgIpc) is 2.66. The van der Waals surface area contributed by atoms with E-state index >= 15 is 0 Å². The van der Waals surface area contributed by atoms with Crippen LogP contribution >= 0.6 is 0 Å². The van der Waals surface area contributed by atoms with Gasteiger partial charge in [0.2, 0.25) is 0 Å². The molecule has 84 valence electrons. The molecule has 0 saturated heterocycles. The van der Waals surface area contributed by atoms with E-state index in [0.29, 0.717) is 0 Å². The molecular formula is C16H20. The number of hydrogen-bond donors (Lipinski definition) is 0. The Kier molecular flexibility index (Phi) is 3.61. The van der Waals surface area contributed by atoms with Crippen LogP contribution in [-0.2, 0) is 6.42 Å². The molecule has 0 aliphatic heterocycles. The summed E-state index contributed by atoms with van der Waals surface area (Å²) in [6.07, 6.45) is 8.27. The molecule has 2 rings (SSSR count). The Morgan fingerprint density at radius 1 is 1.12 bits per heavy atom. The minimum Gasteiger partial charge on any atom is -0.0769 e. The first-order chi connectivity index (χ1) is 7.74. The third kappa shape index (κ3) is 3.10. The molecule has 1 aromatic rings. The molecule has 0 nitrogen and oxygen atoms in total. The largest absolute Gasteiger partial charge is 0.0769 e. The molecule has 1 aromatic carbocycles. The lowest BCUT2D eigenvalue weighted by atomic mass is 10.0. The second-order valence-electron chi connectivity index (χ2n) is 5.05. The molecule has 1 aliphatic carbocycles. The molecule has 0 radical (unpaired) electrons. The monoisotopic (exact) mass is 212 g/mol. The van der Waals surface area contributed by atoms with E-state index in [1.165, 1.54) is 24.0 Å². The van der Waals surface area contributed by atoms with Crippen LogP contribution in [0.5, 0.6) is 0 Å². The average molecular weight is 212 g/mol. The number of hydrogen-bond acceptors (Lipinski definition) is 0. The second-order valence-corrected chi connectivity index (χ2v) is 5.05. The summed E-state index contributed by atoms with van der Waals surface area (Å²) in [5.74, 6) is 0.774. The van der Waals surface area contributed by atoms with Gasteiger partial charge < -0.3 is 0 Å². The van der Waals surface area contributed by atoms with Crippen molar-refractivity contribution in [1.82, 2.24) is 0 Å². The summed E-state index contributed by atoms with van der Waals surface area (Å²) in [4.78, 5) is 0. The smallest absolute Gasteiger partial charge is 0.00288 e. The van der Waals surface area contributed by atoms with Crippen molar-refractivity contribution in [3.8, 4) is 0 Å². The van der Waals surface area contributed by atoms with Crippen molar-refractivity contribution in [3.63, 3.8) is 0 Å². The first-order valence-corrected chi connectivity index (χ1v) is 6.16. The Balaban J connectivity index is 1.96. The van der Waals surface area contributed by atoms with Crippen LogP contribution < -0.4 is 0 Å². The Bertz CT molecular complexity index is 393. The topological polar surface area (TPSA) is 0 Å². The number of allylic oxidation sites excluding steroid dienone is 4. The molecule has 0 unspecified atom stereocenters. The van der Waals surface area contributed by atoms with Gasteiger partial charge in [0.05, 0.1) is 0 Å². The first kappa shape index (κ1) is 11.2. The highest BCUT2D eigenvalue weighted by molar-refractivity contribution is 5.36. The van der Waals surface area contributed by atoms with Gasteiger partial charge >= 0.3 is 0 Å². The molecule has 0 aromatic heterocycles. The van der Waals surface area contributed by atoms with Gasteiger partial charge in [-0.15, -0.1) is 0 Å². The summed E-state index contributed by atoms with van der Waals surface area (Å²) in [5.41, 5.74) is 4.50. The zero-order valence-electron chi connectivity index (χ0n) is 10.2. The van der Waals surface area contributed by atoms with E-state index in [9.17, 15) is 0 Å². The Labute approximate surface area is 98.7 Å². The van der Waals surface area contributed by atoms with Crippen LogP contribution in [0.3, 0.4) is 0 Å². The van der Waals surface area contributed by atoms with Gasteiger partial charge in [0.15, 0.2) is 0 Å². The molecule has 0 heteroatoms. The molecule has 16 heavy (non-hydrogen) atoms. The van der Waals surface area contributed by atoms with Gasteiger partial charge in [-0.25, -0.2) is 0 Å². The predicted molar refractivity (Wildman–Crippen MR) is 70.4 cm³/mol. The number of rotatable bonds is 4. The highest BCUT2D eigenvalue weighted by Gasteiger charge is 2.08. The molecule has 1 aliphatic rings. The van der Waals surface area contributed by atoms with Crippen molar-refractivity contribution in [2.75, 3.05) is 0 Å². The maximum atomic E-state index is 2.40. The third-order valence-electron chi connectivity index (χ3n) is 2.94. The van der Waals surface area contributed by atoms with E-state index < -0.39 is 0 Å². The van der Waals surface area contributed by atoms with Crippen molar-refractivity contribution in [2.45, 2.75) is 33.1 Å². The van der Waals surface area contributed by atoms with Crippen LogP contribution in [0.15, 0.2) is 53.6 Å². The van der Waals surface area contributed by atoms with Crippen molar-refractivity contribution >= 4 is 0 Å². The quantitative estimate of drug-likeness (QED) is 0.687. The van der Waals surface area contributed by atoms with Crippen LogP contribution in [0.4, 0.5) is 0 Å². The molecule has 0 bridgehead atoms. The van der Waals surface area contributed by atoms with E-state index in [1.807, 2.05) is 0 Å². The number of benzene rings is 1. The van der Waals surface area contributed by atoms with E-state index in [2.05, 4.69) is 56.3 Å². The summed E-state index contributed by atoms with van der Waals surface area (Å²) in [7, 11) is 0.